The Hall–Kier alpha value is -1.11. The number of hydrogen-bond donors (Lipinski definition) is 0. The van der Waals surface area contributed by atoms with Crippen molar-refractivity contribution in [1.29, 1.82) is 0 Å². The lowest BCUT2D eigenvalue weighted by atomic mass is 9.75. The van der Waals surface area contributed by atoms with E-state index in [1.54, 1.807) is 0 Å². The molecule has 0 bridgehead atoms. The topological polar surface area (TPSA) is 0 Å². The first-order valence-electron chi connectivity index (χ1n) is 6.66. The highest BCUT2D eigenvalue weighted by Crippen LogP contribution is 2.34. The number of benzene rings is 1. The molecule has 0 aromatic heterocycles. The van der Waals surface area contributed by atoms with Gasteiger partial charge >= 0.3 is 0 Å². The number of rotatable bonds is 4. The molecule has 1 heteroatoms. The zero-order valence-corrected chi connectivity index (χ0v) is 12.3. The minimum absolute atomic E-state index is 0.192. The fourth-order valence-electron chi connectivity index (χ4n) is 1.97. The van der Waals surface area contributed by atoms with Gasteiger partial charge in [0.05, 0.1) is 0 Å². The van der Waals surface area contributed by atoms with Crippen molar-refractivity contribution in [2.45, 2.75) is 41.0 Å². The molecular formula is C17H25F. The first kappa shape index (κ1) is 14.9. The Morgan fingerprint density at radius 1 is 1.17 bits per heavy atom. The van der Waals surface area contributed by atoms with Gasteiger partial charge in [-0.3, -0.25) is 0 Å². The summed E-state index contributed by atoms with van der Waals surface area (Å²) in [6.07, 6.45) is 1.11. The molecule has 18 heavy (non-hydrogen) atoms. The molecule has 1 aromatic carbocycles. The zero-order valence-electron chi connectivity index (χ0n) is 12.3. The van der Waals surface area contributed by atoms with Crippen LogP contribution in [0, 0.1) is 23.1 Å². The minimum Gasteiger partial charge on any atom is -0.207 e. The molecule has 1 aromatic rings. The Morgan fingerprint density at radius 3 is 2.11 bits per heavy atom. The lowest BCUT2D eigenvalue weighted by Gasteiger charge is -2.30. The van der Waals surface area contributed by atoms with E-state index in [9.17, 15) is 4.39 Å². The average Bonchev–Trinajstić information content (AvgIpc) is 2.27. The van der Waals surface area contributed by atoms with Crippen molar-refractivity contribution < 1.29 is 4.39 Å². The fraction of sp³-hybridized carbons (Fsp3) is 0.529. The summed E-state index contributed by atoms with van der Waals surface area (Å²) in [7, 11) is 0. The largest absolute Gasteiger partial charge is 0.207 e. The maximum atomic E-state index is 12.9. The summed E-state index contributed by atoms with van der Waals surface area (Å²) >= 11 is 0. The standard InChI is InChI=1S/C17H25F/c1-12(11-13(2)17(4,5)6)14(3)15-7-9-16(18)10-8-15/h7-10,12-13H,3,11H2,1-2,4-6H3. The second kappa shape index (κ2) is 5.69. The van der Waals surface area contributed by atoms with E-state index in [1.165, 1.54) is 12.1 Å². The Balaban J connectivity index is 2.70. The minimum atomic E-state index is -0.192. The molecule has 0 N–H and O–H groups in total. The molecule has 0 aliphatic heterocycles. The third-order valence-electron chi connectivity index (χ3n) is 4.00. The van der Waals surface area contributed by atoms with Crippen LogP contribution in [0.5, 0.6) is 0 Å². The lowest BCUT2D eigenvalue weighted by molar-refractivity contribution is 0.233. The predicted octanol–water partition coefficient (Wildman–Crippen LogP) is 5.55. The van der Waals surface area contributed by atoms with E-state index in [1.807, 2.05) is 12.1 Å². The number of hydrogen-bond acceptors (Lipinski definition) is 0. The molecule has 0 saturated heterocycles. The summed E-state index contributed by atoms with van der Waals surface area (Å²) < 4.78 is 12.9. The van der Waals surface area contributed by atoms with Crippen LogP contribution in [0.15, 0.2) is 30.8 Å². The van der Waals surface area contributed by atoms with Crippen molar-refractivity contribution in [1.82, 2.24) is 0 Å². The van der Waals surface area contributed by atoms with Crippen LogP contribution >= 0.6 is 0 Å². The Morgan fingerprint density at radius 2 is 1.67 bits per heavy atom. The quantitative estimate of drug-likeness (QED) is 0.655. The third-order valence-corrected chi connectivity index (χ3v) is 4.00. The maximum absolute atomic E-state index is 12.9. The van der Waals surface area contributed by atoms with E-state index >= 15 is 0 Å². The highest BCUT2D eigenvalue weighted by Gasteiger charge is 2.23. The van der Waals surface area contributed by atoms with Gasteiger partial charge in [-0.25, -0.2) is 4.39 Å². The summed E-state index contributed by atoms with van der Waals surface area (Å²) in [5, 5.41) is 0. The van der Waals surface area contributed by atoms with Gasteiger partial charge in [-0.1, -0.05) is 53.3 Å². The first-order valence-corrected chi connectivity index (χ1v) is 6.66. The van der Waals surface area contributed by atoms with Crippen molar-refractivity contribution >= 4 is 5.57 Å². The monoisotopic (exact) mass is 248 g/mol. The van der Waals surface area contributed by atoms with E-state index in [0.717, 1.165) is 17.6 Å². The molecule has 2 unspecified atom stereocenters. The van der Waals surface area contributed by atoms with Crippen LogP contribution in [0.25, 0.3) is 5.57 Å². The van der Waals surface area contributed by atoms with E-state index in [-0.39, 0.29) is 5.82 Å². The third kappa shape index (κ3) is 3.97. The summed E-state index contributed by atoms with van der Waals surface area (Å²) in [6, 6.07) is 6.63. The van der Waals surface area contributed by atoms with Crippen LogP contribution < -0.4 is 0 Å². The van der Waals surface area contributed by atoms with Gasteiger partial charge in [0.2, 0.25) is 0 Å². The molecule has 0 radical (unpaired) electrons. The van der Waals surface area contributed by atoms with Gasteiger partial charge in [0, 0.05) is 0 Å². The molecule has 0 spiro atoms. The van der Waals surface area contributed by atoms with Crippen molar-refractivity contribution in [3.63, 3.8) is 0 Å². The van der Waals surface area contributed by atoms with Crippen LogP contribution in [-0.4, -0.2) is 0 Å². The normalized spacial score (nSPS) is 15.2. The lowest BCUT2D eigenvalue weighted by Crippen LogP contribution is -2.20. The Kier molecular flexibility index (Phi) is 4.72. The molecule has 0 fully saturated rings. The second-order valence-electron chi connectivity index (χ2n) is 6.44. The summed E-state index contributed by atoms with van der Waals surface area (Å²) in [5.41, 5.74) is 2.47. The van der Waals surface area contributed by atoms with E-state index < -0.39 is 0 Å². The van der Waals surface area contributed by atoms with Gasteiger partial charge in [-0.15, -0.1) is 0 Å². The van der Waals surface area contributed by atoms with Gasteiger partial charge < -0.3 is 0 Å². The molecule has 1 rings (SSSR count). The van der Waals surface area contributed by atoms with Crippen molar-refractivity contribution in [3.8, 4) is 0 Å². The van der Waals surface area contributed by atoms with Gasteiger partial charge in [-0.05, 0) is 46.9 Å². The van der Waals surface area contributed by atoms with Crippen LogP contribution in [0.4, 0.5) is 4.39 Å². The SMILES string of the molecule is C=C(c1ccc(F)cc1)C(C)CC(C)C(C)(C)C. The molecule has 0 heterocycles. The maximum Gasteiger partial charge on any atom is 0.123 e. The van der Waals surface area contributed by atoms with Crippen LogP contribution in [0.3, 0.4) is 0 Å². The summed E-state index contributed by atoms with van der Waals surface area (Å²) in [5.74, 6) is 0.858. The molecule has 0 amide bonds. The van der Waals surface area contributed by atoms with Crippen molar-refractivity contribution in [2.24, 2.45) is 17.3 Å². The average molecular weight is 248 g/mol. The Labute approximate surface area is 111 Å². The zero-order chi connectivity index (χ0) is 13.9. The summed E-state index contributed by atoms with van der Waals surface area (Å²) in [6.45, 7) is 15.5. The van der Waals surface area contributed by atoms with Crippen molar-refractivity contribution in [2.75, 3.05) is 0 Å². The molecular weight excluding hydrogens is 223 g/mol. The fourth-order valence-corrected chi connectivity index (χ4v) is 1.97. The molecule has 0 aliphatic carbocycles. The van der Waals surface area contributed by atoms with Crippen LogP contribution in [-0.2, 0) is 0 Å². The smallest absolute Gasteiger partial charge is 0.123 e. The number of allylic oxidation sites excluding steroid dienone is 1. The molecule has 0 aliphatic rings. The van der Waals surface area contributed by atoms with Gasteiger partial charge in [0.15, 0.2) is 0 Å². The van der Waals surface area contributed by atoms with Gasteiger partial charge in [0.1, 0.15) is 5.82 Å². The first-order chi connectivity index (χ1) is 8.21. The van der Waals surface area contributed by atoms with Gasteiger partial charge in [-0.2, -0.15) is 0 Å². The van der Waals surface area contributed by atoms with Gasteiger partial charge in [0.25, 0.3) is 0 Å². The summed E-state index contributed by atoms with van der Waals surface area (Å²) in [4.78, 5) is 0. The van der Waals surface area contributed by atoms with E-state index in [2.05, 4.69) is 41.2 Å². The van der Waals surface area contributed by atoms with E-state index in [4.69, 9.17) is 0 Å². The highest BCUT2D eigenvalue weighted by atomic mass is 19.1. The van der Waals surface area contributed by atoms with Crippen molar-refractivity contribution in [3.05, 3.63) is 42.2 Å². The van der Waals surface area contributed by atoms with Crippen LogP contribution in [0.1, 0.15) is 46.6 Å². The molecule has 0 nitrogen and oxygen atoms in total. The van der Waals surface area contributed by atoms with Crippen LogP contribution in [0.2, 0.25) is 0 Å². The molecule has 100 valence electrons. The van der Waals surface area contributed by atoms with E-state index in [0.29, 0.717) is 17.3 Å². The molecule has 2 atom stereocenters. The Bertz CT molecular complexity index is 395. The highest BCUT2D eigenvalue weighted by molar-refractivity contribution is 5.64. The number of halogens is 1. The predicted molar refractivity (Wildman–Crippen MR) is 77.8 cm³/mol. The second-order valence-corrected chi connectivity index (χ2v) is 6.44. The molecule has 0 saturated carbocycles.